The molecule has 1 aromatic heterocycles. The van der Waals surface area contributed by atoms with E-state index in [2.05, 4.69) is 15.3 Å². The van der Waals surface area contributed by atoms with Crippen molar-refractivity contribution in [3.8, 4) is 0 Å². The van der Waals surface area contributed by atoms with E-state index in [-0.39, 0.29) is 5.82 Å². The fourth-order valence-corrected chi connectivity index (χ4v) is 1.42. The molecule has 82 valence electrons. The van der Waals surface area contributed by atoms with Crippen LogP contribution in [0.5, 0.6) is 0 Å². The van der Waals surface area contributed by atoms with Crippen LogP contribution >= 0.6 is 0 Å². The molecule has 0 unspecified atom stereocenters. The second kappa shape index (κ2) is 4.70. The first-order valence-electron chi connectivity index (χ1n) is 5.00. The molecule has 0 saturated heterocycles. The van der Waals surface area contributed by atoms with Gasteiger partial charge in [0.15, 0.2) is 0 Å². The zero-order chi connectivity index (χ0) is 11.4. The van der Waals surface area contributed by atoms with Crippen molar-refractivity contribution >= 4 is 5.69 Å². The Kier molecular flexibility index (Phi) is 3.10. The summed E-state index contributed by atoms with van der Waals surface area (Å²) in [6, 6.07) is 4.99. The summed E-state index contributed by atoms with van der Waals surface area (Å²) in [6.45, 7) is 2.34. The van der Waals surface area contributed by atoms with Crippen molar-refractivity contribution in [2.75, 3.05) is 5.32 Å². The van der Waals surface area contributed by atoms with Gasteiger partial charge in [0.1, 0.15) is 12.1 Å². The molecule has 3 nitrogen and oxygen atoms in total. The van der Waals surface area contributed by atoms with Crippen LogP contribution < -0.4 is 5.32 Å². The Morgan fingerprint density at radius 1 is 1.25 bits per heavy atom. The highest BCUT2D eigenvalue weighted by Gasteiger charge is 2.02. The third-order valence-electron chi connectivity index (χ3n) is 2.36. The van der Waals surface area contributed by atoms with Crippen molar-refractivity contribution in [3.63, 3.8) is 0 Å². The Labute approximate surface area is 93.4 Å². The lowest BCUT2D eigenvalue weighted by Gasteiger charge is -2.09. The lowest BCUT2D eigenvalue weighted by atomic mass is 10.2. The number of halogens is 1. The predicted octanol–water partition coefficient (Wildman–Crippen LogP) is 2.54. The van der Waals surface area contributed by atoms with Crippen LogP contribution in [0, 0.1) is 12.7 Å². The second-order valence-corrected chi connectivity index (χ2v) is 3.51. The minimum atomic E-state index is -0.200. The lowest BCUT2D eigenvalue weighted by Crippen LogP contribution is -2.02. The largest absolute Gasteiger partial charge is 0.381 e. The van der Waals surface area contributed by atoms with Gasteiger partial charge in [0.05, 0.1) is 0 Å². The molecule has 0 atom stereocenters. The fourth-order valence-electron chi connectivity index (χ4n) is 1.42. The Balaban J connectivity index is 2.08. The molecule has 0 aliphatic carbocycles. The summed E-state index contributed by atoms with van der Waals surface area (Å²) in [5, 5.41) is 3.15. The molecule has 0 bridgehead atoms. The number of hydrogen-bond acceptors (Lipinski definition) is 3. The van der Waals surface area contributed by atoms with E-state index in [4.69, 9.17) is 0 Å². The van der Waals surface area contributed by atoms with E-state index in [0.29, 0.717) is 12.1 Å². The maximum absolute atomic E-state index is 13.2. The van der Waals surface area contributed by atoms with Gasteiger partial charge in [-0.05, 0) is 19.1 Å². The average molecular weight is 217 g/mol. The average Bonchev–Trinajstić information content (AvgIpc) is 2.32. The van der Waals surface area contributed by atoms with Gasteiger partial charge >= 0.3 is 0 Å². The molecule has 0 fully saturated rings. The molecule has 0 spiro atoms. The molecule has 2 rings (SSSR count). The van der Waals surface area contributed by atoms with E-state index in [1.165, 1.54) is 12.4 Å². The van der Waals surface area contributed by atoms with Gasteiger partial charge in [-0.15, -0.1) is 0 Å². The molecule has 4 heteroatoms. The number of benzene rings is 1. The van der Waals surface area contributed by atoms with Gasteiger partial charge in [0.25, 0.3) is 0 Å². The summed E-state index contributed by atoms with van der Waals surface area (Å²) in [5.41, 5.74) is 2.38. The highest BCUT2D eigenvalue weighted by atomic mass is 19.1. The Morgan fingerprint density at radius 3 is 2.75 bits per heavy atom. The van der Waals surface area contributed by atoms with Gasteiger partial charge in [-0.1, -0.05) is 6.07 Å². The second-order valence-electron chi connectivity index (χ2n) is 3.51. The highest BCUT2D eigenvalue weighted by molar-refractivity contribution is 5.51. The SMILES string of the molecule is Cc1c(F)cccc1NCc1cncnc1. The zero-order valence-electron chi connectivity index (χ0n) is 8.94. The maximum Gasteiger partial charge on any atom is 0.128 e. The first-order chi connectivity index (χ1) is 7.77. The Hall–Kier alpha value is -1.97. The van der Waals surface area contributed by atoms with Gasteiger partial charge in [-0.2, -0.15) is 0 Å². The van der Waals surface area contributed by atoms with E-state index in [9.17, 15) is 4.39 Å². The van der Waals surface area contributed by atoms with Crippen LogP contribution in [0.15, 0.2) is 36.9 Å². The molecule has 0 radical (unpaired) electrons. The zero-order valence-corrected chi connectivity index (χ0v) is 8.94. The summed E-state index contributed by atoms with van der Waals surface area (Å²) in [6.07, 6.45) is 4.94. The van der Waals surface area contributed by atoms with Gasteiger partial charge < -0.3 is 5.32 Å². The van der Waals surface area contributed by atoms with Crippen molar-refractivity contribution < 1.29 is 4.39 Å². The smallest absolute Gasteiger partial charge is 0.128 e. The molecule has 1 heterocycles. The van der Waals surface area contributed by atoms with Gasteiger partial charge in [0.2, 0.25) is 0 Å². The first-order valence-corrected chi connectivity index (χ1v) is 5.00. The summed E-state index contributed by atoms with van der Waals surface area (Å²) in [7, 11) is 0. The van der Waals surface area contributed by atoms with E-state index >= 15 is 0 Å². The monoisotopic (exact) mass is 217 g/mol. The number of nitrogens with one attached hydrogen (secondary N) is 1. The predicted molar refractivity (Wildman–Crippen MR) is 60.5 cm³/mol. The Bertz CT molecular complexity index is 471. The molecule has 16 heavy (non-hydrogen) atoms. The topological polar surface area (TPSA) is 37.8 Å². The molecule has 0 saturated carbocycles. The molecule has 0 aliphatic rings. The summed E-state index contributed by atoms with van der Waals surface area (Å²) in [4.78, 5) is 7.82. The van der Waals surface area contributed by atoms with Crippen LogP contribution in [-0.4, -0.2) is 9.97 Å². The lowest BCUT2D eigenvalue weighted by molar-refractivity contribution is 0.619. The van der Waals surface area contributed by atoms with Crippen molar-refractivity contribution in [2.24, 2.45) is 0 Å². The van der Waals surface area contributed by atoms with Crippen LogP contribution in [0.4, 0.5) is 10.1 Å². The van der Waals surface area contributed by atoms with Crippen molar-refractivity contribution in [1.29, 1.82) is 0 Å². The quantitative estimate of drug-likeness (QED) is 0.858. The molecular formula is C12H12FN3. The Morgan fingerprint density at radius 2 is 2.00 bits per heavy atom. The van der Waals surface area contributed by atoms with Crippen molar-refractivity contribution in [1.82, 2.24) is 9.97 Å². The summed E-state index contributed by atoms with van der Waals surface area (Å²) >= 11 is 0. The molecule has 2 aromatic rings. The normalized spacial score (nSPS) is 10.1. The van der Waals surface area contributed by atoms with Crippen LogP contribution in [-0.2, 0) is 6.54 Å². The third-order valence-corrected chi connectivity index (χ3v) is 2.36. The van der Waals surface area contributed by atoms with E-state index in [0.717, 1.165) is 11.3 Å². The van der Waals surface area contributed by atoms with Gasteiger partial charge in [0, 0.05) is 35.8 Å². The number of nitrogens with zero attached hydrogens (tertiary/aromatic N) is 2. The van der Waals surface area contributed by atoms with E-state index in [1.807, 2.05) is 6.07 Å². The first kappa shape index (κ1) is 10.5. The van der Waals surface area contributed by atoms with E-state index in [1.54, 1.807) is 25.4 Å². The minimum absolute atomic E-state index is 0.200. The molecule has 1 aromatic carbocycles. The molecule has 0 aliphatic heterocycles. The summed E-state index contributed by atoms with van der Waals surface area (Å²) < 4.78 is 13.2. The highest BCUT2D eigenvalue weighted by Crippen LogP contribution is 2.17. The molecule has 1 N–H and O–H groups in total. The molecular weight excluding hydrogens is 205 g/mol. The minimum Gasteiger partial charge on any atom is -0.381 e. The maximum atomic E-state index is 13.2. The molecule has 0 amide bonds. The van der Waals surface area contributed by atoms with Crippen LogP contribution in [0.25, 0.3) is 0 Å². The van der Waals surface area contributed by atoms with Crippen molar-refractivity contribution in [3.05, 3.63) is 53.9 Å². The van der Waals surface area contributed by atoms with Crippen LogP contribution in [0.2, 0.25) is 0 Å². The third kappa shape index (κ3) is 2.34. The van der Waals surface area contributed by atoms with Crippen molar-refractivity contribution in [2.45, 2.75) is 13.5 Å². The van der Waals surface area contributed by atoms with Gasteiger partial charge in [-0.3, -0.25) is 0 Å². The van der Waals surface area contributed by atoms with E-state index < -0.39 is 0 Å². The number of anilines is 1. The standard InChI is InChI=1S/C12H12FN3/c1-9-11(13)3-2-4-12(9)16-7-10-5-14-8-15-6-10/h2-6,8,16H,7H2,1H3. The van der Waals surface area contributed by atoms with Gasteiger partial charge in [-0.25, -0.2) is 14.4 Å². The number of rotatable bonds is 3. The number of hydrogen-bond donors (Lipinski definition) is 1. The number of aromatic nitrogens is 2. The summed E-state index contributed by atoms with van der Waals surface area (Å²) in [5.74, 6) is -0.200. The van der Waals surface area contributed by atoms with Crippen LogP contribution in [0.3, 0.4) is 0 Å². The van der Waals surface area contributed by atoms with Crippen LogP contribution in [0.1, 0.15) is 11.1 Å². The fraction of sp³-hybridized carbons (Fsp3) is 0.167.